The minimum Gasteiger partial charge on any atom is -0.475 e. The molecule has 24 heteroatoms. The molecule has 13 nitrogen and oxygen atoms in total. The second-order valence-corrected chi connectivity index (χ2v) is 14.0. The molecular formula is C30H27F9IN7O6S. The maximum atomic E-state index is 10.6. The van der Waals surface area contributed by atoms with Crippen molar-refractivity contribution in [3.8, 4) is 21.8 Å². The third-order valence-electron chi connectivity index (χ3n) is 8.12. The van der Waals surface area contributed by atoms with Gasteiger partial charge in [-0.25, -0.2) is 24.4 Å². The van der Waals surface area contributed by atoms with Crippen molar-refractivity contribution in [3.63, 3.8) is 0 Å². The molecule has 0 saturated carbocycles. The number of carboxylic acids is 3. The maximum Gasteiger partial charge on any atom is 0.490 e. The van der Waals surface area contributed by atoms with Crippen LogP contribution in [0.4, 0.5) is 45.3 Å². The molecule has 0 spiro atoms. The number of alkyl halides is 9. The second kappa shape index (κ2) is 16.6. The molecule has 2 aliphatic heterocycles. The third-order valence-corrected chi connectivity index (χ3v) is 10.4. The van der Waals surface area contributed by atoms with Crippen molar-refractivity contribution in [1.82, 2.24) is 29.9 Å². The zero-order chi connectivity index (χ0) is 40.3. The number of aryl methyl sites for hydroxylation is 2. The van der Waals surface area contributed by atoms with Crippen LogP contribution in [-0.4, -0.2) is 88.4 Å². The predicted molar refractivity (Wildman–Crippen MR) is 179 cm³/mol. The highest BCUT2D eigenvalue weighted by molar-refractivity contribution is 14.1. The molecule has 7 rings (SSSR count). The third kappa shape index (κ3) is 10.5. The molecule has 4 aromatic heterocycles. The molecule has 6 heterocycles. The molecule has 6 N–H and O–H groups in total. The van der Waals surface area contributed by atoms with Gasteiger partial charge in [0.25, 0.3) is 0 Å². The van der Waals surface area contributed by atoms with E-state index in [0.717, 1.165) is 62.4 Å². The van der Waals surface area contributed by atoms with Gasteiger partial charge < -0.3 is 26.4 Å². The van der Waals surface area contributed by atoms with Gasteiger partial charge in [-0.3, -0.25) is 4.98 Å². The van der Waals surface area contributed by atoms with E-state index in [1.54, 1.807) is 15.9 Å². The Bertz CT molecular complexity index is 1910. The zero-order valence-corrected chi connectivity index (χ0v) is 30.0. The van der Waals surface area contributed by atoms with Crippen molar-refractivity contribution < 1.29 is 69.2 Å². The van der Waals surface area contributed by atoms with E-state index in [-0.39, 0.29) is 0 Å². The average molecular weight is 912 g/mol. The summed E-state index contributed by atoms with van der Waals surface area (Å²) in [6.07, 6.45) is -3.19. The number of rotatable bonds is 3. The Morgan fingerprint density at radius 3 is 1.85 bits per heavy atom. The van der Waals surface area contributed by atoms with E-state index in [1.807, 2.05) is 12.4 Å². The number of aromatic nitrogens is 5. The van der Waals surface area contributed by atoms with E-state index in [4.69, 9.17) is 50.4 Å². The first-order valence-electron chi connectivity index (χ1n) is 15.4. The Morgan fingerprint density at radius 2 is 1.39 bits per heavy atom. The van der Waals surface area contributed by atoms with E-state index in [2.05, 4.69) is 45.1 Å². The highest BCUT2D eigenvalue weighted by atomic mass is 127. The number of carbonyl (C=O) groups is 3. The summed E-state index contributed by atoms with van der Waals surface area (Å²) >= 11 is 4.13. The number of hydrogen-bond donors (Lipinski definition) is 5. The SMILES string of the molecule is Nc1c(I)c(C2C[C@H]3CC[C@@H](C2)N3)nc2c(-c3ccc(-c4nc5c(s4)CCC5)nc3)cnn12.O=C(O)C(F)(F)F.O=C(O)C(F)(F)F.O=C(O)C(F)(F)F. The van der Waals surface area contributed by atoms with E-state index >= 15 is 0 Å². The fourth-order valence-corrected chi connectivity index (χ4v) is 7.66. The highest BCUT2D eigenvalue weighted by Crippen LogP contribution is 2.40. The minimum atomic E-state index is -5.08. The van der Waals surface area contributed by atoms with Crippen LogP contribution < -0.4 is 11.1 Å². The van der Waals surface area contributed by atoms with Crippen LogP contribution in [0.2, 0.25) is 0 Å². The van der Waals surface area contributed by atoms with Crippen LogP contribution in [0, 0.1) is 3.57 Å². The Morgan fingerprint density at radius 1 is 0.852 bits per heavy atom. The number of anilines is 1. The number of nitrogens with zero attached hydrogens (tertiary/aromatic N) is 5. The minimum absolute atomic E-state index is 0.443. The highest BCUT2D eigenvalue weighted by Gasteiger charge is 2.40. The van der Waals surface area contributed by atoms with E-state index in [9.17, 15) is 39.5 Å². The number of hydrogen-bond acceptors (Lipinski definition) is 10. The average Bonchev–Trinajstić information content (AvgIpc) is 3.86. The first kappa shape index (κ1) is 42.4. The lowest BCUT2D eigenvalue weighted by molar-refractivity contribution is -0.193. The summed E-state index contributed by atoms with van der Waals surface area (Å²) in [6, 6.07) is 5.38. The number of nitrogens with one attached hydrogen (secondary N) is 1. The normalized spacial score (nSPS) is 19.0. The van der Waals surface area contributed by atoms with Crippen LogP contribution in [0.15, 0.2) is 24.5 Å². The molecule has 3 aliphatic rings. The van der Waals surface area contributed by atoms with Crippen LogP contribution >= 0.6 is 33.9 Å². The van der Waals surface area contributed by atoms with Gasteiger partial charge in [-0.1, -0.05) is 6.07 Å². The Hall–Kier alpha value is -4.33. The monoisotopic (exact) mass is 911 g/mol. The van der Waals surface area contributed by atoms with Crippen molar-refractivity contribution in [2.45, 2.75) is 81.5 Å². The maximum absolute atomic E-state index is 10.6. The molecule has 4 aromatic rings. The number of aliphatic carboxylic acids is 3. The number of thiazole rings is 1. The number of nitrogens with two attached hydrogens (primary N) is 1. The molecule has 0 aromatic carbocycles. The van der Waals surface area contributed by atoms with Gasteiger partial charge >= 0.3 is 36.4 Å². The van der Waals surface area contributed by atoms with Crippen LogP contribution in [0.3, 0.4) is 0 Å². The molecule has 294 valence electrons. The smallest absolute Gasteiger partial charge is 0.475 e. The van der Waals surface area contributed by atoms with Gasteiger partial charge in [-0.2, -0.15) is 49.1 Å². The molecule has 1 aliphatic carbocycles. The summed E-state index contributed by atoms with van der Waals surface area (Å²) in [4.78, 5) is 42.8. The summed E-state index contributed by atoms with van der Waals surface area (Å²) < 4.78 is 98.0. The van der Waals surface area contributed by atoms with Crippen LogP contribution in [0.25, 0.3) is 27.5 Å². The second-order valence-electron chi connectivity index (χ2n) is 11.9. The van der Waals surface area contributed by atoms with Crippen LogP contribution in [0.5, 0.6) is 0 Å². The Labute approximate surface area is 314 Å². The fourth-order valence-electron chi connectivity index (χ4n) is 5.75. The molecule has 2 bridgehead atoms. The van der Waals surface area contributed by atoms with E-state index < -0.39 is 36.4 Å². The Balaban J connectivity index is 0.000000255. The van der Waals surface area contributed by atoms with Gasteiger partial charge in [0.15, 0.2) is 5.65 Å². The van der Waals surface area contributed by atoms with Crippen molar-refractivity contribution in [3.05, 3.63) is 44.4 Å². The molecule has 2 fully saturated rings. The molecule has 0 amide bonds. The van der Waals surface area contributed by atoms with Crippen molar-refractivity contribution in [2.24, 2.45) is 0 Å². The van der Waals surface area contributed by atoms with Crippen molar-refractivity contribution in [2.75, 3.05) is 5.73 Å². The van der Waals surface area contributed by atoms with Crippen LogP contribution in [-0.2, 0) is 27.2 Å². The number of pyridine rings is 1. The number of halogens is 10. The molecule has 3 atom stereocenters. The van der Waals surface area contributed by atoms with Gasteiger partial charge in [-0.05, 0) is 73.6 Å². The number of piperidine rings is 1. The fraction of sp³-hybridized carbons (Fsp3) is 0.433. The van der Waals surface area contributed by atoms with Gasteiger partial charge in [0.05, 0.1) is 26.8 Å². The van der Waals surface area contributed by atoms with E-state index in [1.165, 1.54) is 29.8 Å². The number of fused-ring (bicyclic) bond motifs is 4. The summed E-state index contributed by atoms with van der Waals surface area (Å²) in [5, 5.41) is 30.7. The molecule has 1 unspecified atom stereocenters. The number of nitrogen functional groups attached to an aromatic ring is 1. The van der Waals surface area contributed by atoms with Crippen molar-refractivity contribution in [1.29, 1.82) is 0 Å². The van der Waals surface area contributed by atoms with Crippen molar-refractivity contribution >= 4 is 63.3 Å². The summed E-state index contributed by atoms with van der Waals surface area (Å²) in [5.41, 5.74) is 12.7. The Kier molecular flexibility index (Phi) is 13.0. The lowest BCUT2D eigenvalue weighted by Crippen LogP contribution is -2.37. The largest absolute Gasteiger partial charge is 0.490 e. The summed E-state index contributed by atoms with van der Waals surface area (Å²) in [7, 11) is 0. The lowest BCUT2D eigenvalue weighted by atomic mass is 9.89. The zero-order valence-electron chi connectivity index (χ0n) is 27.1. The molecular weight excluding hydrogens is 884 g/mol. The first-order chi connectivity index (χ1) is 25.0. The molecule has 2 saturated heterocycles. The van der Waals surface area contributed by atoms with E-state index in [0.29, 0.717) is 23.8 Å². The summed E-state index contributed by atoms with van der Waals surface area (Å²) in [6.45, 7) is 0. The lowest BCUT2D eigenvalue weighted by Gasteiger charge is -2.29. The van der Waals surface area contributed by atoms with Crippen LogP contribution in [0.1, 0.15) is 54.3 Å². The van der Waals surface area contributed by atoms with Gasteiger partial charge in [0.2, 0.25) is 0 Å². The molecule has 0 radical (unpaired) electrons. The number of carboxylic acid groups (broad SMARTS) is 3. The van der Waals surface area contributed by atoms with Gasteiger partial charge in [-0.15, -0.1) is 11.3 Å². The first-order valence-corrected chi connectivity index (χ1v) is 17.3. The molecule has 54 heavy (non-hydrogen) atoms. The summed E-state index contributed by atoms with van der Waals surface area (Å²) in [5.74, 6) is -7.15. The quantitative estimate of drug-likeness (QED) is 0.111. The van der Waals surface area contributed by atoms with Gasteiger partial charge in [0.1, 0.15) is 10.8 Å². The topological polar surface area (TPSA) is 206 Å². The van der Waals surface area contributed by atoms with Gasteiger partial charge in [0, 0.05) is 40.2 Å². The predicted octanol–water partition coefficient (Wildman–Crippen LogP) is 6.49. The standard InChI is InChI=1S/C24H24IN7S.3C2HF3O2/c25-20-21(13-8-14-5-6-15(9-13)29-14)31-23-16(11-28-32(23)22(20)26)12-4-7-18(27-10-12)24-30-17-2-1-3-19(17)33-24;3*3-2(4,5)1(6)7/h4,7,10-11,13-15,29H,1-3,5-6,8-9,26H2;3*(H,6,7)/t13?,14-,15+;;;.